The van der Waals surface area contributed by atoms with Crippen molar-refractivity contribution < 1.29 is 19.8 Å². The van der Waals surface area contributed by atoms with E-state index in [0.717, 1.165) is 0 Å². The first kappa shape index (κ1) is 13.7. The number of anilines is 1. The molecule has 0 spiro atoms. The molecule has 0 fully saturated rings. The molecule has 104 valence electrons. The van der Waals surface area contributed by atoms with E-state index in [9.17, 15) is 9.59 Å². The van der Waals surface area contributed by atoms with Crippen LogP contribution in [-0.2, 0) is 4.79 Å². The summed E-state index contributed by atoms with van der Waals surface area (Å²) >= 11 is 0. The van der Waals surface area contributed by atoms with E-state index in [0.29, 0.717) is 29.7 Å². The van der Waals surface area contributed by atoms with Crippen molar-refractivity contribution in [1.29, 1.82) is 0 Å². The lowest BCUT2D eigenvalue weighted by Gasteiger charge is -2.07. The third-order valence-corrected chi connectivity index (χ3v) is 2.74. The van der Waals surface area contributed by atoms with Crippen molar-refractivity contribution in [3.05, 3.63) is 30.1 Å². The van der Waals surface area contributed by atoms with Crippen molar-refractivity contribution in [1.82, 2.24) is 9.97 Å². The highest BCUT2D eigenvalue weighted by atomic mass is 16.4. The van der Waals surface area contributed by atoms with Crippen LogP contribution in [0.5, 0.6) is 0 Å². The van der Waals surface area contributed by atoms with Gasteiger partial charge >= 0.3 is 11.9 Å². The number of nitrogens with zero attached hydrogens (tertiary/aromatic N) is 2. The fraction of sp³-hybridized carbons (Fsp3) is 0.231. The summed E-state index contributed by atoms with van der Waals surface area (Å²) in [5.41, 5.74) is 0.689. The normalized spacial score (nSPS) is 10.4. The van der Waals surface area contributed by atoms with Crippen LogP contribution in [0.15, 0.2) is 24.5 Å². The molecule has 1 heterocycles. The van der Waals surface area contributed by atoms with Gasteiger partial charge in [-0.3, -0.25) is 4.79 Å². The number of carboxylic acids is 2. The average Bonchev–Trinajstić information content (AvgIpc) is 2.42. The predicted octanol–water partition coefficient (Wildman–Crippen LogP) is 1.60. The molecule has 20 heavy (non-hydrogen) atoms. The largest absolute Gasteiger partial charge is 0.481 e. The highest BCUT2D eigenvalue weighted by Gasteiger charge is 2.08. The SMILES string of the molecule is O=C(O)CCCNc1ncnc2cc(C(=O)O)ccc12. The average molecular weight is 275 g/mol. The van der Waals surface area contributed by atoms with Gasteiger partial charge in [-0.2, -0.15) is 0 Å². The summed E-state index contributed by atoms with van der Waals surface area (Å²) in [6.45, 7) is 0.471. The van der Waals surface area contributed by atoms with Crippen molar-refractivity contribution >= 4 is 28.7 Å². The number of aliphatic carboxylic acids is 1. The van der Waals surface area contributed by atoms with E-state index < -0.39 is 11.9 Å². The van der Waals surface area contributed by atoms with Crippen LogP contribution in [-0.4, -0.2) is 38.7 Å². The number of nitrogens with one attached hydrogen (secondary N) is 1. The zero-order valence-corrected chi connectivity index (χ0v) is 10.5. The lowest BCUT2D eigenvalue weighted by atomic mass is 10.1. The minimum absolute atomic E-state index is 0.0825. The van der Waals surface area contributed by atoms with Crippen molar-refractivity contribution in [2.45, 2.75) is 12.8 Å². The first-order valence-electron chi connectivity index (χ1n) is 6.01. The molecule has 1 aromatic carbocycles. The third-order valence-electron chi connectivity index (χ3n) is 2.74. The molecular formula is C13H13N3O4. The van der Waals surface area contributed by atoms with E-state index in [2.05, 4.69) is 15.3 Å². The number of rotatable bonds is 6. The van der Waals surface area contributed by atoms with E-state index in [-0.39, 0.29) is 12.0 Å². The Morgan fingerprint density at radius 2 is 2.00 bits per heavy atom. The smallest absolute Gasteiger partial charge is 0.335 e. The minimum Gasteiger partial charge on any atom is -0.481 e. The standard InChI is InChI=1S/C13H13N3O4/c17-11(18)2-1-5-14-12-9-4-3-8(13(19)20)6-10(9)15-7-16-12/h3-4,6-7H,1-2,5H2,(H,17,18)(H,19,20)(H,14,15,16). The molecular weight excluding hydrogens is 262 g/mol. The van der Waals surface area contributed by atoms with E-state index in [1.54, 1.807) is 6.07 Å². The Morgan fingerprint density at radius 3 is 2.70 bits per heavy atom. The number of aromatic nitrogens is 2. The molecule has 0 radical (unpaired) electrons. The van der Waals surface area contributed by atoms with Crippen LogP contribution >= 0.6 is 0 Å². The fourth-order valence-electron chi connectivity index (χ4n) is 1.78. The molecule has 1 aromatic heterocycles. The highest BCUT2D eigenvalue weighted by Crippen LogP contribution is 2.20. The maximum atomic E-state index is 10.9. The van der Waals surface area contributed by atoms with Crippen LogP contribution in [0.1, 0.15) is 23.2 Å². The van der Waals surface area contributed by atoms with Gasteiger partial charge < -0.3 is 15.5 Å². The van der Waals surface area contributed by atoms with Crippen LogP contribution in [0, 0.1) is 0 Å². The molecule has 0 aliphatic rings. The number of fused-ring (bicyclic) bond motifs is 1. The second kappa shape index (κ2) is 5.96. The topological polar surface area (TPSA) is 112 Å². The molecule has 0 saturated carbocycles. The summed E-state index contributed by atoms with van der Waals surface area (Å²) in [4.78, 5) is 29.4. The van der Waals surface area contributed by atoms with E-state index >= 15 is 0 Å². The highest BCUT2D eigenvalue weighted by molar-refractivity contribution is 5.96. The van der Waals surface area contributed by atoms with Gasteiger partial charge in [0.1, 0.15) is 12.1 Å². The summed E-state index contributed by atoms with van der Waals surface area (Å²) in [7, 11) is 0. The van der Waals surface area contributed by atoms with Gasteiger partial charge in [0.25, 0.3) is 0 Å². The van der Waals surface area contributed by atoms with Gasteiger partial charge in [-0.05, 0) is 24.6 Å². The molecule has 7 heteroatoms. The quantitative estimate of drug-likeness (QED) is 0.686. The molecule has 2 rings (SSSR count). The Hall–Kier alpha value is -2.70. The van der Waals surface area contributed by atoms with Crippen molar-refractivity contribution in [3.63, 3.8) is 0 Å². The van der Waals surface area contributed by atoms with Crippen LogP contribution in [0.4, 0.5) is 5.82 Å². The lowest BCUT2D eigenvalue weighted by molar-refractivity contribution is -0.137. The van der Waals surface area contributed by atoms with E-state index in [4.69, 9.17) is 10.2 Å². The summed E-state index contributed by atoms with van der Waals surface area (Å²) in [5.74, 6) is -1.29. The summed E-state index contributed by atoms with van der Waals surface area (Å²) in [5, 5.41) is 21.2. The number of hydrogen-bond donors (Lipinski definition) is 3. The van der Waals surface area contributed by atoms with Gasteiger partial charge in [-0.15, -0.1) is 0 Å². The number of hydrogen-bond acceptors (Lipinski definition) is 5. The first-order chi connectivity index (χ1) is 9.58. The van der Waals surface area contributed by atoms with Gasteiger partial charge in [0, 0.05) is 18.4 Å². The molecule has 0 unspecified atom stereocenters. The molecule has 0 bridgehead atoms. The summed E-state index contributed by atoms with van der Waals surface area (Å²) in [6, 6.07) is 4.59. The predicted molar refractivity (Wildman–Crippen MR) is 71.9 cm³/mol. The molecule has 0 atom stereocenters. The minimum atomic E-state index is -1.01. The van der Waals surface area contributed by atoms with Gasteiger partial charge in [0.2, 0.25) is 0 Å². The molecule has 0 aliphatic heterocycles. The molecule has 0 aliphatic carbocycles. The first-order valence-corrected chi connectivity index (χ1v) is 6.01. The van der Waals surface area contributed by atoms with E-state index in [1.807, 2.05) is 0 Å². The molecule has 7 nitrogen and oxygen atoms in total. The summed E-state index contributed by atoms with van der Waals surface area (Å²) < 4.78 is 0. The fourth-order valence-corrected chi connectivity index (χ4v) is 1.78. The number of carboxylic acid groups (broad SMARTS) is 2. The Morgan fingerprint density at radius 1 is 1.20 bits per heavy atom. The van der Waals surface area contributed by atoms with Crippen molar-refractivity contribution in [2.75, 3.05) is 11.9 Å². The number of carbonyl (C=O) groups is 2. The molecule has 2 aromatic rings. The molecule has 0 amide bonds. The zero-order chi connectivity index (χ0) is 14.5. The van der Waals surface area contributed by atoms with Gasteiger partial charge in [0.05, 0.1) is 11.1 Å². The second-order valence-electron chi connectivity index (χ2n) is 4.18. The Kier molecular flexibility index (Phi) is 4.09. The zero-order valence-electron chi connectivity index (χ0n) is 10.5. The van der Waals surface area contributed by atoms with Crippen molar-refractivity contribution in [2.24, 2.45) is 0 Å². The van der Waals surface area contributed by atoms with Crippen LogP contribution in [0.3, 0.4) is 0 Å². The van der Waals surface area contributed by atoms with Crippen molar-refractivity contribution in [3.8, 4) is 0 Å². The molecule has 3 N–H and O–H groups in total. The number of aromatic carboxylic acids is 1. The monoisotopic (exact) mass is 275 g/mol. The van der Waals surface area contributed by atoms with Crippen LogP contribution in [0.25, 0.3) is 10.9 Å². The van der Waals surface area contributed by atoms with Gasteiger partial charge in [-0.25, -0.2) is 14.8 Å². The number of benzene rings is 1. The Balaban J connectivity index is 2.17. The Bertz CT molecular complexity index is 657. The van der Waals surface area contributed by atoms with Crippen LogP contribution < -0.4 is 5.32 Å². The maximum Gasteiger partial charge on any atom is 0.335 e. The second-order valence-corrected chi connectivity index (χ2v) is 4.18. The Labute approximate surface area is 114 Å². The summed E-state index contributed by atoms with van der Waals surface area (Å²) in [6.07, 6.45) is 1.90. The molecule has 0 saturated heterocycles. The van der Waals surface area contributed by atoms with E-state index in [1.165, 1.54) is 18.5 Å². The lowest BCUT2D eigenvalue weighted by Crippen LogP contribution is -2.07. The van der Waals surface area contributed by atoms with Gasteiger partial charge in [0.15, 0.2) is 0 Å². The van der Waals surface area contributed by atoms with Gasteiger partial charge in [-0.1, -0.05) is 0 Å². The van der Waals surface area contributed by atoms with Crippen LogP contribution in [0.2, 0.25) is 0 Å². The maximum absolute atomic E-state index is 10.9. The third kappa shape index (κ3) is 3.19.